The van der Waals surface area contributed by atoms with E-state index in [-0.39, 0.29) is 11.3 Å². The first-order valence-corrected chi connectivity index (χ1v) is 5.90. The van der Waals surface area contributed by atoms with Gasteiger partial charge in [0.15, 0.2) is 0 Å². The van der Waals surface area contributed by atoms with Gasteiger partial charge in [-0.15, -0.1) is 0 Å². The molecule has 0 heterocycles. The lowest BCUT2D eigenvalue weighted by atomic mass is 10.1. The normalized spacial score (nSPS) is 12.2. The fraction of sp³-hybridized carbons (Fsp3) is 0.462. The van der Waals surface area contributed by atoms with Crippen molar-refractivity contribution in [3.05, 3.63) is 29.3 Å². The Kier molecular flexibility index (Phi) is 5.07. The number of halogens is 2. The van der Waals surface area contributed by atoms with Crippen LogP contribution in [-0.2, 0) is 4.79 Å². The Labute approximate surface area is 105 Å². The minimum Gasteiger partial charge on any atom is -0.480 e. The van der Waals surface area contributed by atoms with Gasteiger partial charge in [-0.2, -0.15) is 0 Å². The minimum atomic E-state index is -1.07. The molecular weight excluding hydrogens is 240 g/mol. The van der Waals surface area contributed by atoms with E-state index >= 15 is 0 Å². The fourth-order valence-electron chi connectivity index (χ4n) is 1.61. The van der Waals surface area contributed by atoms with Crippen LogP contribution in [0.25, 0.3) is 0 Å². The van der Waals surface area contributed by atoms with Gasteiger partial charge in [0.2, 0.25) is 0 Å². The molecule has 3 nitrogen and oxygen atoms in total. The summed E-state index contributed by atoms with van der Waals surface area (Å²) in [4.78, 5) is 11.0. The minimum absolute atomic E-state index is 0.110. The zero-order chi connectivity index (χ0) is 13.7. The second kappa shape index (κ2) is 6.33. The lowest BCUT2D eigenvalue weighted by Crippen LogP contribution is -2.29. The van der Waals surface area contributed by atoms with Gasteiger partial charge in [0.25, 0.3) is 0 Å². The Morgan fingerprint density at radius 3 is 2.61 bits per heavy atom. The zero-order valence-electron chi connectivity index (χ0n) is 10.5. The summed E-state index contributed by atoms with van der Waals surface area (Å²) < 4.78 is 26.9. The van der Waals surface area contributed by atoms with Gasteiger partial charge in [-0.1, -0.05) is 19.8 Å². The fourth-order valence-corrected chi connectivity index (χ4v) is 1.61. The number of rotatable bonds is 6. The first-order valence-electron chi connectivity index (χ1n) is 5.90. The second-order valence-corrected chi connectivity index (χ2v) is 4.26. The number of hydrogen-bond acceptors (Lipinski definition) is 2. The van der Waals surface area contributed by atoms with Gasteiger partial charge < -0.3 is 10.4 Å². The van der Waals surface area contributed by atoms with Crippen molar-refractivity contribution in [1.29, 1.82) is 0 Å². The molecule has 0 aromatic heterocycles. The van der Waals surface area contributed by atoms with Gasteiger partial charge in [-0.25, -0.2) is 13.6 Å². The van der Waals surface area contributed by atoms with E-state index in [0.29, 0.717) is 12.8 Å². The van der Waals surface area contributed by atoms with Gasteiger partial charge in [0.05, 0.1) is 5.69 Å². The van der Waals surface area contributed by atoms with E-state index in [1.807, 2.05) is 6.92 Å². The summed E-state index contributed by atoms with van der Waals surface area (Å²) in [5, 5.41) is 11.5. The number of carboxylic acids is 1. The van der Waals surface area contributed by atoms with Crippen molar-refractivity contribution >= 4 is 11.7 Å². The number of benzene rings is 1. The van der Waals surface area contributed by atoms with Crippen molar-refractivity contribution in [2.24, 2.45) is 0 Å². The van der Waals surface area contributed by atoms with E-state index in [0.717, 1.165) is 18.6 Å². The molecule has 2 N–H and O–H groups in total. The van der Waals surface area contributed by atoms with Crippen molar-refractivity contribution in [1.82, 2.24) is 0 Å². The first kappa shape index (κ1) is 14.4. The molecule has 0 aliphatic heterocycles. The Balaban J connectivity index is 2.86. The maximum atomic E-state index is 13.6. The topological polar surface area (TPSA) is 49.3 Å². The number of carbonyl (C=O) groups is 1. The van der Waals surface area contributed by atoms with Gasteiger partial charge in [0, 0.05) is 6.07 Å². The highest BCUT2D eigenvalue weighted by atomic mass is 19.1. The van der Waals surface area contributed by atoms with Crippen molar-refractivity contribution in [3.8, 4) is 0 Å². The predicted molar refractivity (Wildman–Crippen MR) is 65.7 cm³/mol. The van der Waals surface area contributed by atoms with Crippen LogP contribution in [0.5, 0.6) is 0 Å². The Bertz CT molecular complexity index is 435. The van der Waals surface area contributed by atoms with E-state index in [9.17, 15) is 13.6 Å². The molecule has 0 saturated heterocycles. The smallest absolute Gasteiger partial charge is 0.326 e. The molecule has 0 saturated carbocycles. The standard InChI is InChI=1S/C13H17F2NO2/c1-3-4-5-11(13(17)18)16-12-7-9(14)8(2)6-10(12)15/h6-7,11,16H,3-5H2,1-2H3,(H,17,18). The summed E-state index contributed by atoms with van der Waals surface area (Å²) in [5.41, 5.74) is 0.0834. The first-order chi connectivity index (χ1) is 8.45. The van der Waals surface area contributed by atoms with E-state index < -0.39 is 23.6 Å². The Hall–Kier alpha value is -1.65. The number of anilines is 1. The maximum absolute atomic E-state index is 13.6. The molecule has 0 radical (unpaired) electrons. The molecule has 0 bridgehead atoms. The second-order valence-electron chi connectivity index (χ2n) is 4.26. The van der Waals surface area contributed by atoms with E-state index in [2.05, 4.69) is 5.32 Å². The summed E-state index contributed by atoms with van der Waals surface area (Å²) in [6, 6.07) is 1.14. The Morgan fingerprint density at radius 2 is 2.06 bits per heavy atom. The van der Waals surface area contributed by atoms with Crippen LogP contribution in [0.2, 0.25) is 0 Å². The summed E-state index contributed by atoms with van der Waals surface area (Å²) in [5.74, 6) is -2.26. The van der Waals surface area contributed by atoms with Crippen LogP contribution in [-0.4, -0.2) is 17.1 Å². The molecule has 1 rings (SSSR count). The zero-order valence-corrected chi connectivity index (χ0v) is 10.5. The molecule has 100 valence electrons. The van der Waals surface area contributed by atoms with Crippen molar-refractivity contribution in [3.63, 3.8) is 0 Å². The highest BCUT2D eigenvalue weighted by Crippen LogP contribution is 2.20. The van der Waals surface area contributed by atoms with Crippen molar-refractivity contribution in [2.45, 2.75) is 39.2 Å². The van der Waals surface area contributed by atoms with Crippen LogP contribution in [0, 0.1) is 18.6 Å². The average molecular weight is 257 g/mol. The molecule has 5 heteroatoms. The number of aliphatic carboxylic acids is 1. The van der Waals surface area contributed by atoms with Gasteiger partial charge in [-0.05, 0) is 25.0 Å². The van der Waals surface area contributed by atoms with Crippen LogP contribution in [0.15, 0.2) is 12.1 Å². The van der Waals surface area contributed by atoms with Crippen LogP contribution in [0.3, 0.4) is 0 Å². The molecule has 1 atom stereocenters. The van der Waals surface area contributed by atoms with Crippen LogP contribution in [0.4, 0.5) is 14.5 Å². The van der Waals surface area contributed by atoms with Crippen LogP contribution in [0.1, 0.15) is 31.7 Å². The molecule has 0 spiro atoms. The monoisotopic (exact) mass is 257 g/mol. The lowest BCUT2D eigenvalue weighted by Gasteiger charge is -2.16. The molecule has 0 fully saturated rings. The predicted octanol–water partition coefficient (Wildman–Crippen LogP) is 3.33. The number of aryl methyl sites for hydroxylation is 1. The van der Waals surface area contributed by atoms with E-state index in [1.54, 1.807) is 0 Å². The SMILES string of the molecule is CCCCC(Nc1cc(F)c(C)cc1F)C(=O)O. The van der Waals surface area contributed by atoms with Crippen LogP contribution >= 0.6 is 0 Å². The number of unbranched alkanes of at least 4 members (excludes halogenated alkanes) is 1. The highest BCUT2D eigenvalue weighted by Gasteiger charge is 2.18. The summed E-state index contributed by atoms with van der Waals surface area (Å²) >= 11 is 0. The molecular formula is C13H17F2NO2. The lowest BCUT2D eigenvalue weighted by molar-refractivity contribution is -0.138. The number of carboxylic acid groups (broad SMARTS) is 1. The van der Waals surface area contributed by atoms with E-state index in [4.69, 9.17) is 5.11 Å². The summed E-state index contributed by atoms with van der Waals surface area (Å²) in [6.07, 6.45) is 1.93. The highest BCUT2D eigenvalue weighted by molar-refractivity contribution is 5.77. The number of nitrogens with one attached hydrogen (secondary N) is 1. The maximum Gasteiger partial charge on any atom is 0.326 e. The third-order valence-electron chi connectivity index (χ3n) is 2.72. The third-order valence-corrected chi connectivity index (χ3v) is 2.72. The molecule has 0 amide bonds. The molecule has 1 aromatic carbocycles. The average Bonchev–Trinajstić information content (AvgIpc) is 2.30. The van der Waals surface area contributed by atoms with Crippen molar-refractivity contribution < 1.29 is 18.7 Å². The largest absolute Gasteiger partial charge is 0.480 e. The Morgan fingerprint density at radius 1 is 1.39 bits per heavy atom. The van der Waals surface area contributed by atoms with E-state index in [1.165, 1.54) is 6.92 Å². The third kappa shape index (κ3) is 3.68. The molecule has 0 aliphatic rings. The molecule has 1 aromatic rings. The molecule has 1 unspecified atom stereocenters. The van der Waals surface area contributed by atoms with Crippen molar-refractivity contribution in [2.75, 3.05) is 5.32 Å². The van der Waals surface area contributed by atoms with Gasteiger partial charge in [-0.3, -0.25) is 0 Å². The molecule has 0 aliphatic carbocycles. The van der Waals surface area contributed by atoms with Crippen LogP contribution < -0.4 is 5.32 Å². The quantitative estimate of drug-likeness (QED) is 0.821. The van der Waals surface area contributed by atoms with Gasteiger partial charge >= 0.3 is 5.97 Å². The number of hydrogen-bond donors (Lipinski definition) is 2. The summed E-state index contributed by atoms with van der Waals surface area (Å²) in [7, 11) is 0. The molecule has 18 heavy (non-hydrogen) atoms. The summed E-state index contributed by atoms with van der Waals surface area (Å²) in [6.45, 7) is 3.39. The van der Waals surface area contributed by atoms with Gasteiger partial charge in [0.1, 0.15) is 17.7 Å².